The van der Waals surface area contributed by atoms with Gasteiger partial charge in [0.05, 0.1) is 27.9 Å². The first-order chi connectivity index (χ1) is 12.6. The van der Waals surface area contributed by atoms with Gasteiger partial charge in [0, 0.05) is 11.3 Å². The summed E-state index contributed by atoms with van der Waals surface area (Å²) in [5, 5.41) is 3.05. The van der Waals surface area contributed by atoms with E-state index in [1.807, 2.05) is 42.5 Å². The lowest BCUT2D eigenvalue weighted by atomic mass is 10.1. The van der Waals surface area contributed by atoms with Crippen LogP contribution in [-0.2, 0) is 13.0 Å². The first kappa shape index (κ1) is 19.2. The molecule has 0 saturated heterocycles. The van der Waals surface area contributed by atoms with Crippen LogP contribution in [0.1, 0.15) is 11.1 Å². The highest BCUT2D eigenvalue weighted by atomic mass is 16.5. The van der Waals surface area contributed by atoms with Crippen molar-refractivity contribution in [2.24, 2.45) is 10.7 Å². The number of nitrogens with two attached hydrogens (primary N) is 1. The maximum absolute atomic E-state index is 5.98. The molecule has 0 fully saturated rings. The smallest absolute Gasteiger partial charge is 0.193 e. The number of aliphatic imine (C=N–C) groups is 1. The van der Waals surface area contributed by atoms with Crippen molar-refractivity contribution in [3.05, 3.63) is 60.2 Å². The van der Waals surface area contributed by atoms with E-state index < -0.39 is 0 Å². The molecule has 0 heterocycles. The zero-order valence-electron chi connectivity index (χ0n) is 15.4. The van der Waals surface area contributed by atoms with E-state index in [0.29, 0.717) is 30.4 Å². The number of methoxy groups -OCH3 is 3. The van der Waals surface area contributed by atoms with Gasteiger partial charge in [-0.25, -0.2) is 4.99 Å². The first-order valence-electron chi connectivity index (χ1n) is 8.17. The van der Waals surface area contributed by atoms with Gasteiger partial charge in [-0.15, -0.1) is 6.58 Å². The number of rotatable bonds is 8. The number of hydrogen-bond acceptors (Lipinski definition) is 4. The second-order valence-corrected chi connectivity index (χ2v) is 5.54. The van der Waals surface area contributed by atoms with Crippen LogP contribution >= 0.6 is 0 Å². The predicted molar refractivity (Wildman–Crippen MR) is 105 cm³/mol. The number of guanidine groups is 1. The van der Waals surface area contributed by atoms with Crippen LogP contribution in [-0.4, -0.2) is 27.3 Å². The van der Waals surface area contributed by atoms with Crippen molar-refractivity contribution in [1.82, 2.24) is 0 Å². The summed E-state index contributed by atoms with van der Waals surface area (Å²) in [6.45, 7) is 4.20. The SMILES string of the molecule is C=CCc1cc(CN=C(N)Nc2ccc(OC)cc2)cc(OC)c1OC. The van der Waals surface area contributed by atoms with Gasteiger partial charge >= 0.3 is 0 Å². The average molecular weight is 355 g/mol. The summed E-state index contributed by atoms with van der Waals surface area (Å²) < 4.78 is 16.0. The summed E-state index contributed by atoms with van der Waals surface area (Å²) in [6.07, 6.45) is 2.50. The lowest BCUT2D eigenvalue weighted by molar-refractivity contribution is 0.352. The highest BCUT2D eigenvalue weighted by molar-refractivity contribution is 5.92. The number of nitrogens with one attached hydrogen (secondary N) is 1. The van der Waals surface area contributed by atoms with Crippen molar-refractivity contribution in [3.8, 4) is 17.2 Å². The molecule has 138 valence electrons. The van der Waals surface area contributed by atoms with Crippen LogP contribution in [0.25, 0.3) is 0 Å². The Kier molecular flexibility index (Phi) is 6.91. The molecule has 0 aliphatic carbocycles. The minimum atomic E-state index is 0.329. The molecule has 0 radical (unpaired) electrons. The molecule has 2 rings (SSSR count). The van der Waals surface area contributed by atoms with Gasteiger partial charge in [0.2, 0.25) is 0 Å². The Morgan fingerprint density at radius 1 is 1.12 bits per heavy atom. The minimum Gasteiger partial charge on any atom is -0.497 e. The lowest BCUT2D eigenvalue weighted by Gasteiger charge is -2.14. The number of nitrogens with zero attached hydrogens (tertiary/aromatic N) is 1. The third-order valence-electron chi connectivity index (χ3n) is 3.77. The summed E-state index contributed by atoms with van der Waals surface area (Å²) in [6, 6.07) is 11.4. The predicted octanol–water partition coefficient (Wildman–Crippen LogP) is 3.37. The number of anilines is 1. The fourth-order valence-electron chi connectivity index (χ4n) is 2.54. The quantitative estimate of drug-likeness (QED) is 0.431. The van der Waals surface area contributed by atoms with Gasteiger partial charge < -0.3 is 25.3 Å². The molecule has 0 aliphatic heterocycles. The lowest BCUT2D eigenvalue weighted by Crippen LogP contribution is -2.22. The standard InChI is InChI=1S/C20H25N3O3/c1-5-6-15-11-14(12-18(25-3)19(15)26-4)13-22-20(21)23-16-7-9-17(24-2)10-8-16/h5,7-12H,1,6,13H2,2-4H3,(H3,21,22,23). The fourth-order valence-corrected chi connectivity index (χ4v) is 2.54. The molecule has 2 aromatic rings. The van der Waals surface area contributed by atoms with Gasteiger partial charge in [0.25, 0.3) is 0 Å². The summed E-state index contributed by atoms with van der Waals surface area (Å²) in [4.78, 5) is 4.39. The maximum atomic E-state index is 5.98. The van der Waals surface area contributed by atoms with Gasteiger partial charge in [0.1, 0.15) is 5.75 Å². The van der Waals surface area contributed by atoms with E-state index in [-0.39, 0.29) is 0 Å². The van der Waals surface area contributed by atoms with Crippen LogP contribution in [0.5, 0.6) is 17.2 Å². The normalized spacial score (nSPS) is 11.0. The van der Waals surface area contributed by atoms with Gasteiger partial charge in [-0.1, -0.05) is 6.08 Å². The number of benzene rings is 2. The zero-order valence-corrected chi connectivity index (χ0v) is 15.4. The Hall–Kier alpha value is -3.15. The van der Waals surface area contributed by atoms with Crippen LogP contribution in [0.4, 0.5) is 5.69 Å². The van der Waals surface area contributed by atoms with Crippen LogP contribution < -0.4 is 25.3 Å². The Bertz CT molecular complexity index is 771. The molecule has 0 bridgehead atoms. The molecule has 6 nitrogen and oxygen atoms in total. The van der Waals surface area contributed by atoms with Crippen molar-refractivity contribution >= 4 is 11.6 Å². The number of ether oxygens (including phenoxy) is 3. The molecule has 0 spiro atoms. The number of allylic oxidation sites excluding steroid dienone is 1. The van der Waals surface area contributed by atoms with Gasteiger partial charge in [-0.05, 0) is 48.4 Å². The molecule has 3 N–H and O–H groups in total. The molecule has 0 aromatic heterocycles. The molecule has 0 atom stereocenters. The van der Waals surface area contributed by atoms with Crippen molar-refractivity contribution in [1.29, 1.82) is 0 Å². The van der Waals surface area contributed by atoms with E-state index in [4.69, 9.17) is 19.9 Å². The summed E-state index contributed by atoms with van der Waals surface area (Å²) >= 11 is 0. The van der Waals surface area contributed by atoms with Crippen molar-refractivity contribution in [2.75, 3.05) is 26.6 Å². The summed E-state index contributed by atoms with van der Waals surface area (Å²) in [5.74, 6) is 2.49. The number of hydrogen-bond donors (Lipinski definition) is 2. The second-order valence-electron chi connectivity index (χ2n) is 5.54. The first-order valence-corrected chi connectivity index (χ1v) is 8.17. The molecular formula is C20H25N3O3. The monoisotopic (exact) mass is 355 g/mol. The topological polar surface area (TPSA) is 78.1 Å². The second kappa shape index (κ2) is 9.36. The molecule has 0 aliphatic rings. The van der Waals surface area contributed by atoms with E-state index in [1.54, 1.807) is 21.3 Å². The minimum absolute atomic E-state index is 0.329. The van der Waals surface area contributed by atoms with Crippen molar-refractivity contribution in [2.45, 2.75) is 13.0 Å². The Morgan fingerprint density at radius 2 is 1.85 bits per heavy atom. The Labute approximate surface area is 154 Å². The third kappa shape index (κ3) is 4.92. The van der Waals surface area contributed by atoms with E-state index in [0.717, 1.165) is 22.6 Å². The average Bonchev–Trinajstić information content (AvgIpc) is 2.66. The Morgan fingerprint density at radius 3 is 2.42 bits per heavy atom. The van der Waals surface area contributed by atoms with E-state index in [9.17, 15) is 0 Å². The van der Waals surface area contributed by atoms with E-state index in [2.05, 4.69) is 16.9 Å². The maximum Gasteiger partial charge on any atom is 0.193 e. The van der Waals surface area contributed by atoms with Crippen molar-refractivity contribution < 1.29 is 14.2 Å². The van der Waals surface area contributed by atoms with Gasteiger partial charge in [0.15, 0.2) is 17.5 Å². The van der Waals surface area contributed by atoms with Crippen LogP contribution in [0, 0.1) is 0 Å². The molecular weight excluding hydrogens is 330 g/mol. The van der Waals surface area contributed by atoms with Crippen LogP contribution in [0.15, 0.2) is 54.0 Å². The summed E-state index contributed by atoms with van der Waals surface area (Å²) in [7, 11) is 4.86. The van der Waals surface area contributed by atoms with E-state index in [1.165, 1.54) is 0 Å². The molecule has 0 saturated carbocycles. The molecule has 6 heteroatoms. The molecule has 0 unspecified atom stereocenters. The Balaban J connectivity index is 2.14. The van der Waals surface area contributed by atoms with Crippen LogP contribution in [0.2, 0.25) is 0 Å². The van der Waals surface area contributed by atoms with Crippen LogP contribution in [0.3, 0.4) is 0 Å². The highest BCUT2D eigenvalue weighted by Gasteiger charge is 2.11. The summed E-state index contributed by atoms with van der Waals surface area (Å²) in [5.41, 5.74) is 8.79. The fraction of sp³-hybridized carbons (Fsp3) is 0.250. The third-order valence-corrected chi connectivity index (χ3v) is 3.77. The van der Waals surface area contributed by atoms with Gasteiger partial charge in [-0.3, -0.25) is 0 Å². The van der Waals surface area contributed by atoms with Gasteiger partial charge in [-0.2, -0.15) is 0 Å². The largest absolute Gasteiger partial charge is 0.497 e. The van der Waals surface area contributed by atoms with Crippen molar-refractivity contribution in [3.63, 3.8) is 0 Å². The zero-order chi connectivity index (χ0) is 18.9. The molecule has 26 heavy (non-hydrogen) atoms. The van der Waals surface area contributed by atoms with E-state index >= 15 is 0 Å². The molecule has 0 amide bonds. The highest BCUT2D eigenvalue weighted by Crippen LogP contribution is 2.33. The molecule has 2 aromatic carbocycles.